The Morgan fingerprint density at radius 1 is 1.08 bits per heavy atom. The second-order valence-electron chi connectivity index (χ2n) is 6.16. The van der Waals surface area contributed by atoms with Crippen LogP contribution in [0.15, 0.2) is 53.9 Å². The van der Waals surface area contributed by atoms with Gasteiger partial charge in [-0.25, -0.2) is 0 Å². The highest BCUT2D eigenvalue weighted by atomic mass is 32.2. The van der Waals surface area contributed by atoms with E-state index in [4.69, 9.17) is 0 Å². The highest BCUT2D eigenvalue weighted by Gasteiger charge is 2.22. The van der Waals surface area contributed by atoms with Crippen LogP contribution in [0.4, 0.5) is 0 Å². The van der Waals surface area contributed by atoms with Gasteiger partial charge in [0.15, 0.2) is 11.0 Å². The predicted molar refractivity (Wildman–Crippen MR) is 96.8 cm³/mol. The van der Waals surface area contributed by atoms with E-state index in [1.54, 1.807) is 6.20 Å². The van der Waals surface area contributed by atoms with Gasteiger partial charge in [0, 0.05) is 30.3 Å². The van der Waals surface area contributed by atoms with Gasteiger partial charge in [0.05, 0.1) is 0 Å². The molecule has 2 aromatic heterocycles. The van der Waals surface area contributed by atoms with Gasteiger partial charge in [-0.2, -0.15) is 0 Å². The summed E-state index contributed by atoms with van der Waals surface area (Å²) in [5.41, 5.74) is 3.95. The summed E-state index contributed by atoms with van der Waals surface area (Å²) in [5.74, 6) is 0.868. The number of fused-ring (bicyclic) bond motifs is 1. The summed E-state index contributed by atoms with van der Waals surface area (Å²) >= 11 is 1.83. The summed E-state index contributed by atoms with van der Waals surface area (Å²) in [6.45, 7) is 0. The van der Waals surface area contributed by atoms with Crippen molar-refractivity contribution in [1.29, 1.82) is 0 Å². The fourth-order valence-electron chi connectivity index (χ4n) is 3.29. The first-order valence-corrected chi connectivity index (χ1v) is 9.25. The first-order valence-electron chi connectivity index (χ1n) is 8.37. The smallest absolute Gasteiger partial charge is 0.191 e. The molecule has 0 amide bonds. The Hall–Kier alpha value is -2.14. The van der Waals surface area contributed by atoms with Gasteiger partial charge in [0.25, 0.3) is 0 Å². The molecule has 122 valence electrons. The molecule has 0 aliphatic heterocycles. The molecule has 4 rings (SSSR count). The molecule has 0 saturated carbocycles. The van der Waals surface area contributed by atoms with Crippen molar-refractivity contribution >= 4 is 11.8 Å². The van der Waals surface area contributed by atoms with E-state index in [0.717, 1.165) is 16.5 Å². The molecule has 0 fully saturated rings. The number of hydrogen-bond acceptors (Lipinski definition) is 4. The summed E-state index contributed by atoms with van der Waals surface area (Å²) in [4.78, 5) is 4.18. The zero-order chi connectivity index (χ0) is 16.4. The van der Waals surface area contributed by atoms with Crippen molar-refractivity contribution < 1.29 is 0 Å². The van der Waals surface area contributed by atoms with Gasteiger partial charge in [-0.3, -0.25) is 4.98 Å². The fourth-order valence-corrected chi connectivity index (χ4v) is 4.52. The summed E-state index contributed by atoms with van der Waals surface area (Å²) in [5, 5.41) is 10.2. The van der Waals surface area contributed by atoms with Gasteiger partial charge < -0.3 is 4.57 Å². The first kappa shape index (κ1) is 15.4. The number of thioether (sulfide) groups is 1. The van der Waals surface area contributed by atoms with E-state index in [2.05, 4.69) is 44.0 Å². The molecule has 1 aliphatic rings. The number of aryl methyl sites for hydroxylation is 1. The highest BCUT2D eigenvalue weighted by Crippen LogP contribution is 2.42. The van der Waals surface area contributed by atoms with Crippen LogP contribution in [0, 0.1) is 0 Å². The Morgan fingerprint density at radius 3 is 2.88 bits per heavy atom. The molecule has 0 spiro atoms. The van der Waals surface area contributed by atoms with Gasteiger partial charge in [0.1, 0.15) is 0 Å². The van der Waals surface area contributed by atoms with E-state index in [9.17, 15) is 0 Å². The van der Waals surface area contributed by atoms with Crippen LogP contribution in [0.2, 0.25) is 0 Å². The van der Waals surface area contributed by atoms with Gasteiger partial charge in [-0.05, 0) is 42.5 Å². The largest absolute Gasteiger partial charge is 0.305 e. The summed E-state index contributed by atoms with van der Waals surface area (Å²) < 4.78 is 2.08. The molecular formula is C19H20N4S. The van der Waals surface area contributed by atoms with Crippen LogP contribution in [-0.2, 0) is 13.5 Å². The second kappa shape index (κ2) is 6.77. The topological polar surface area (TPSA) is 43.6 Å². The molecule has 2 heterocycles. The van der Waals surface area contributed by atoms with Crippen LogP contribution in [0.3, 0.4) is 0 Å². The van der Waals surface area contributed by atoms with Gasteiger partial charge >= 0.3 is 0 Å². The van der Waals surface area contributed by atoms with Gasteiger partial charge in [-0.1, -0.05) is 42.4 Å². The molecule has 0 saturated heterocycles. The minimum Gasteiger partial charge on any atom is -0.305 e. The van der Waals surface area contributed by atoms with Crippen molar-refractivity contribution in [1.82, 2.24) is 19.7 Å². The number of nitrogens with zero attached hydrogens (tertiary/aromatic N) is 4. The lowest BCUT2D eigenvalue weighted by Crippen LogP contribution is -2.00. The van der Waals surface area contributed by atoms with Crippen LogP contribution < -0.4 is 0 Å². The van der Waals surface area contributed by atoms with Gasteiger partial charge in [0.2, 0.25) is 0 Å². The van der Waals surface area contributed by atoms with E-state index in [-0.39, 0.29) is 0 Å². The fraction of sp³-hybridized carbons (Fsp3) is 0.316. The lowest BCUT2D eigenvalue weighted by Gasteiger charge is -2.16. The Kier molecular flexibility index (Phi) is 4.34. The standard InChI is InChI=1S/C19H20N4S/c1-23-18(15-9-6-12-20-13-15)21-22-19(23)24-17-11-5-3-8-14-7-2-4-10-16(14)17/h2,4,6-7,9-10,12-13,17H,3,5,8,11H2,1H3/t17-/m1/s1. The molecular weight excluding hydrogens is 316 g/mol. The average molecular weight is 336 g/mol. The van der Waals surface area contributed by atoms with Crippen molar-refractivity contribution in [3.05, 3.63) is 59.9 Å². The van der Waals surface area contributed by atoms with Gasteiger partial charge in [-0.15, -0.1) is 10.2 Å². The second-order valence-corrected chi connectivity index (χ2v) is 7.33. The molecule has 5 heteroatoms. The monoisotopic (exact) mass is 336 g/mol. The van der Waals surface area contributed by atoms with Crippen LogP contribution in [0.25, 0.3) is 11.4 Å². The van der Waals surface area contributed by atoms with Crippen molar-refractivity contribution in [2.75, 3.05) is 0 Å². The maximum absolute atomic E-state index is 4.44. The van der Waals surface area contributed by atoms with Crippen LogP contribution in [0.5, 0.6) is 0 Å². The minimum absolute atomic E-state index is 0.452. The number of rotatable bonds is 3. The Balaban J connectivity index is 1.64. The van der Waals surface area contributed by atoms with Crippen molar-refractivity contribution in [2.24, 2.45) is 7.05 Å². The third kappa shape index (κ3) is 2.96. The Morgan fingerprint density at radius 2 is 2.00 bits per heavy atom. The molecule has 0 unspecified atom stereocenters. The number of benzene rings is 1. The van der Waals surface area contributed by atoms with E-state index in [1.807, 2.05) is 37.1 Å². The van der Waals surface area contributed by atoms with Crippen molar-refractivity contribution in [3.63, 3.8) is 0 Å². The maximum Gasteiger partial charge on any atom is 0.191 e. The minimum atomic E-state index is 0.452. The average Bonchev–Trinajstić information content (AvgIpc) is 2.86. The SMILES string of the molecule is Cn1c(S[C@@H]2CCCCc3ccccc32)nnc1-c1cccnc1. The van der Waals surface area contributed by atoms with Crippen LogP contribution in [0.1, 0.15) is 35.6 Å². The molecule has 0 N–H and O–H groups in total. The number of pyridine rings is 1. The van der Waals surface area contributed by atoms with Crippen molar-refractivity contribution in [2.45, 2.75) is 36.1 Å². The van der Waals surface area contributed by atoms with Crippen LogP contribution in [-0.4, -0.2) is 19.7 Å². The number of hydrogen-bond donors (Lipinski definition) is 0. The lowest BCUT2D eigenvalue weighted by atomic mass is 10.0. The summed E-state index contributed by atoms with van der Waals surface area (Å²) in [6.07, 6.45) is 8.52. The quantitative estimate of drug-likeness (QED) is 0.663. The van der Waals surface area contributed by atoms with Crippen molar-refractivity contribution in [3.8, 4) is 11.4 Å². The van der Waals surface area contributed by atoms with E-state index in [0.29, 0.717) is 5.25 Å². The van der Waals surface area contributed by atoms with E-state index >= 15 is 0 Å². The normalized spacial score (nSPS) is 17.3. The lowest BCUT2D eigenvalue weighted by molar-refractivity contribution is 0.699. The Bertz CT molecular complexity index is 828. The van der Waals surface area contributed by atoms with E-state index in [1.165, 1.54) is 36.8 Å². The zero-order valence-corrected chi connectivity index (χ0v) is 14.5. The molecule has 24 heavy (non-hydrogen) atoms. The Labute approximate surface area is 146 Å². The first-order chi connectivity index (χ1) is 11.8. The van der Waals surface area contributed by atoms with Crippen LogP contribution >= 0.6 is 11.8 Å². The highest BCUT2D eigenvalue weighted by molar-refractivity contribution is 7.99. The molecule has 3 aromatic rings. The molecule has 1 atom stereocenters. The number of aromatic nitrogens is 4. The predicted octanol–water partition coefficient (Wildman–Crippen LogP) is 4.44. The molecule has 1 aliphatic carbocycles. The molecule has 4 nitrogen and oxygen atoms in total. The molecule has 0 bridgehead atoms. The zero-order valence-electron chi connectivity index (χ0n) is 13.7. The summed E-state index contributed by atoms with van der Waals surface area (Å²) in [7, 11) is 2.03. The third-order valence-corrected chi connectivity index (χ3v) is 5.91. The summed E-state index contributed by atoms with van der Waals surface area (Å²) in [6, 6.07) is 12.8. The van der Waals surface area contributed by atoms with E-state index < -0.39 is 0 Å². The molecule has 1 aromatic carbocycles. The third-order valence-electron chi connectivity index (χ3n) is 4.57. The molecule has 0 radical (unpaired) electrons. The maximum atomic E-state index is 4.44.